The Balaban J connectivity index is 2.09. The predicted molar refractivity (Wildman–Crippen MR) is 88.6 cm³/mol. The van der Waals surface area contributed by atoms with E-state index in [-0.39, 0.29) is 5.91 Å². The zero-order valence-corrected chi connectivity index (χ0v) is 13.5. The smallest absolute Gasteiger partial charge is 0.272 e. The summed E-state index contributed by atoms with van der Waals surface area (Å²) in [6.07, 6.45) is 3.60. The Bertz CT molecular complexity index is 630. The fourth-order valence-electron chi connectivity index (χ4n) is 1.89. The number of carbonyl (C=O) groups excluding carboxylic acids is 1. The Kier molecular flexibility index (Phi) is 5.72. The second kappa shape index (κ2) is 7.75. The molecule has 0 spiro atoms. The summed E-state index contributed by atoms with van der Waals surface area (Å²) in [4.78, 5) is 22.4. The maximum Gasteiger partial charge on any atom is 0.272 e. The lowest BCUT2D eigenvalue weighted by Gasteiger charge is -2.16. The van der Waals surface area contributed by atoms with Crippen LogP contribution in [0.15, 0.2) is 36.5 Å². The number of hydrogen-bond donors (Lipinski definition) is 1. The van der Waals surface area contributed by atoms with E-state index in [2.05, 4.69) is 22.2 Å². The molecule has 0 unspecified atom stereocenters. The summed E-state index contributed by atoms with van der Waals surface area (Å²) in [5.74, 6) is 0.284. The second-order valence-corrected chi connectivity index (χ2v) is 5.41. The molecule has 0 aliphatic heterocycles. The van der Waals surface area contributed by atoms with Gasteiger partial charge in [-0.25, -0.2) is 9.97 Å². The fourth-order valence-corrected chi connectivity index (χ4v) is 2.02. The van der Waals surface area contributed by atoms with Crippen molar-refractivity contribution in [1.29, 1.82) is 0 Å². The molecule has 0 saturated carbocycles. The van der Waals surface area contributed by atoms with Crippen LogP contribution < -0.4 is 5.32 Å². The highest BCUT2D eigenvalue weighted by molar-refractivity contribution is 6.30. The molecule has 116 valence electrons. The van der Waals surface area contributed by atoms with Gasteiger partial charge in [0.15, 0.2) is 0 Å². The van der Waals surface area contributed by atoms with Crippen LogP contribution >= 0.6 is 11.6 Å². The van der Waals surface area contributed by atoms with Crippen LogP contribution in [0.1, 0.15) is 30.3 Å². The fraction of sp³-hybridized carbons (Fsp3) is 0.312. The molecule has 22 heavy (non-hydrogen) atoms. The molecular weight excluding hydrogens is 300 g/mol. The SMILES string of the molecule is CCCCN(C)C(=O)c1ccnc(Nc2ccc(Cl)cc2)n1. The zero-order chi connectivity index (χ0) is 15.9. The van der Waals surface area contributed by atoms with Gasteiger partial charge >= 0.3 is 0 Å². The lowest BCUT2D eigenvalue weighted by atomic mass is 10.3. The van der Waals surface area contributed by atoms with Crippen LogP contribution in [0.2, 0.25) is 5.02 Å². The molecule has 1 aromatic carbocycles. The van der Waals surface area contributed by atoms with Gasteiger partial charge in [-0.2, -0.15) is 0 Å². The summed E-state index contributed by atoms with van der Waals surface area (Å²) in [6.45, 7) is 2.82. The molecule has 2 aromatic rings. The molecule has 0 aliphatic carbocycles. The summed E-state index contributed by atoms with van der Waals surface area (Å²) in [6, 6.07) is 8.83. The molecule has 0 fully saturated rings. The van der Waals surface area contributed by atoms with Crippen LogP contribution in [-0.2, 0) is 0 Å². The lowest BCUT2D eigenvalue weighted by molar-refractivity contribution is 0.0787. The maximum atomic E-state index is 12.3. The Labute approximate surface area is 135 Å². The molecule has 1 N–H and O–H groups in total. The summed E-state index contributed by atoms with van der Waals surface area (Å²) >= 11 is 5.85. The normalized spacial score (nSPS) is 10.3. The van der Waals surface area contributed by atoms with Crippen molar-refractivity contribution in [2.45, 2.75) is 19.8 Å². The second-order valence-electron chi connectivity index (χ2n) is 4.98. The average molecular weight is 319 g/mol. The van der Waals surface area contributed by atoms with Gasteiger partial charge in [-0.3, -0.25) is 4.79 Å². The third-order valence-electron chi connectivity index (χ3n) is 3.17. The minimum absolute atomic E-state index is 0.102. The van der Waals surface area contributed by atoms with Gasteiger partial charge in [-0.05, 0) is 36.8 Å². The summed E-state index contributed by atoms with van der Waals surface area (Å²) in [5, 5.41) is 3.72. The monoisotopic (exact) mass is 318 g/mol. The molecule has 1 aromatic heterocycles. The Hall–Kier alpha value is -2.14. The Morgan fingerprint density at radius 2 is 2.00 bits per heavy atom. The van der Waals surface area contributed by atoms with Crippen molar-refractivity contribution >= 4 is 29.1 Å². The standard InChI is InChI=1S/C16H19ClN4O/c1-3-4-11-21(2)15(22)14-9-10-18-16(20-14)19-13-7-5-12(17)6-8-13/h5-10H,3-4,11H2,1-2H3,(H,18,19,20). The lowest BCUT2D eigenvalue weighted by Crippen LogP contribution is -2.28. The summed E-state index contributed by atoms with van der Waals surface area (Å²) in [7, 11) is 1.78. The van der Waals surface area contributed by atoms with Gasteiger partial charge in [0, 0.05) is 30.5 Å². The third kappa shape index (κ3) is 4.43. The van der Waals surface area contributed by atoms with Crippen LogP contribution in [0.3, 0.4) is 0 Å². The van der Waals surface area contributed by atoms with E-state index in [1.165, 1.54) is 0 Å². The van der Waals surface area contributed by atoms with Crippen molar-refractivity contribution in [2.75, 3.05) is 18.9 Å². The number of hydrogen-bond acceptors (Lipinski definition) is 4. The molecule has 0 saturated heterocycles. The minimum Gasteiger partial charge on any atom is -0.340 e. The number of carbonyl (C=O) groups is 1. The molecule has 5 nitrogen and oxygen atoms in total. The number of halogens is 1. The first-order chi connectivity index (χ1) is 10.6. The molecular formula is C16H19ClN4O. The minimum atomic E-state index is -0.102. The van der Waals surface area contributed by atoms with Crippen LogP contribution in [-0.4, -0.2) is 34.4 Å². The first-order valence-electron chi connectivity index (χ1n) is 7.21. The molecule has 0 aliphatic rings. The van der Waals surface area contributed by atoms with E-state index in [4.69, 9.17) is 11.6 Å². The predicted octanol–water partition coefficient (Wildman–Crippen LogP) is 3.75. The molecule has 2 rings (SSSR count). The largest absolute Gasteiger partial charge is 0.340 e. The highest BCUT2D eigenvalue weighted by atomic mass is 35.5. The highest BCUT2D eigenvalue weighted by Gasteiger charge is 2.13. The van der Waals surface area contributed by atoms with Crippen LogP contribution in [0.25, 0.3) is 0 Å². The summed E-state index contributed by atoms with van der Waals surface area (Å²) in [5.41, 5.74) is 1.19. The van der Waals surface area contributed by atoms with E-state index >= 15 is 0 Å². The first-order valence-corrected chi connectivity index (χ1v) is 7.59. The van der Waals surface area contributed by atoms with Gasteiger partial charge in [0.2, 0.25) is 5.95 Å². The van der Waals surface area contributed by atoms with E-state index in [9.17, 15) is 4.79 Å². The van der Waals surface area contributed by atoms with Gasteiger partial charge in [-0.1, -0.05) is 24.9 Å². The van der Waals surface area contributed by atoms with Crippen molar-refractivity contribution in [3.8, 4) is 0 Å². The first kappa shape index (κ1) is 16.2. The number of rotatable bonds is 6. The topological polar surface area (TPSA) is 58.1 Å². The number of aromatic nitrogens is 2. The van der Waals surface area contributed by atoms with Crippen molar-refractivity contribution in [2.24, 2.45) is 0 Å². The summed E-state index contributed by atoms with van der Waals surface area (Å²) < 4.78 is 0. The molecule has 0 bridgehead atoms. The molecule has 6 heteroatoms. The zero-order valence-electron chi connectivity index (χ0n) is 12.7. The van der Waals surface area contributed by atoms with Crippen LogP contribution in [0.4, 0.5) is 11.6 Å². The number of nitrogens with zero attached hydrogens (tertiary/aromatic N) is 3. The van der Waals surface area contributed by atoms with Crippen LogP contribution in [0.5, 0.6) is 0 Å². The van der Waals surface area contributed by atoms with Gasteiger partial charge in [-0.15, -0.1) is 0 Å². The van der Waals surface area contributed by atoms with Gasteiger partial charge in [0.25, 0.3) is 5.91 Å². The van der Waals surface area contributed by atoms with E-state index in [1.54, 1.807) is 36.3 Å². The number of benzene rings is 1. The number of unbranched alkanes of at least 4 members (excludes halogenated alkanes) is 1. The molecule has 0 atom stereocenters. The highest BCUT2D eigenvalue weighted by Crippen LogP contribution is 2.16. The van der Waals surface area contributed by atoms with Gasteiger partial charge in [0.05, 0.1) is 0 Å². The van der Waals surface area contributed by atoms with Gasteiger partial charge in [0.1, 0.15) is 5.69 Å². The number of nitrogens with one attached hydrogen (secondary N) is 1. The molecule has 1 amide bonds. The molecule has 1 heterocycles. The third-order valence-corrected chi connectivity index (χ3v) is 3.42. The average Bonchev–Trinajstić information content (AvgIpc) is 2.54. The van der Waals surface area contributed by atoms with E-state index in [0.29, 0.717) is 16.7 Å². The van der Waals surface area contributed by atoms with Crippen molar-refractivity contribution < 1.29 is 4.79 Å². The van der Waals surface area contributed by atoms with Crippen LogP contribution in [0, 0.1) is 0 Å². The number of amides is 1. The van der Waals surface area contributed by atoms with Crippen molar-refractivity contribution in [3.63, 3.8) is 0 Å². The van der Waals surface area contributed by atoms with Gasteiger partial charge < -0.3 is 10.2 Å². The Morgan fingerprint density at radius 1 is 1.27 bits per heavy atom. The van der Waals surface area contributed by atoms with E-state index in [1.807, 2.05) is 12.1 Å². The van der Waals surface area contributed by atoms with Crippen molar-refractivity contribution in [3.05, 3.63) is 47.2 Å². The molecule has 0 radical (unpaired) electrons. The van der Waals surface area contributed by atoms with Crippen molar-refractivity contribution in [1.82, 2.24) is 14.9 Å². The Morgan fingerprint density at radius 3 is 2.68 bits per heavy atom. The van der Waals surface area contributed by atoms with E-state index in [0.717, 1.165) is 25.1 Å². The maximum absolute atomic E-state index is 12.3. The number of anilines is 2. The van der Waals surface area contributed by atoms with E-state index < -0.39 is 0 Å². The quantitative estimate of drug-likeness (QED) is 0.881.